The van der Waals surface area contributed by atoms with Crippen molar-refractivity contribution in [3.05, 3.63) is 65.2 Å². The Morgan fingerprint density at radius 3 is 2.72 bits per heavy atom. The Morgan fingerprint density at radius 1 is 1.21 bits per heavy atom. The number of amides is 1. The van der Waals surface area contributed by atoms with E-state index in [0.29, 0.717) is 18.1 Å². The Morgan fingerprint density at radius 2 is 1.97 bits per heavy atom. The van der Waals surface area contributed by atoms with Gasteiger partial charge in [0.2, 0.25) is 5.88 Å². The topological polar surface area (TPSA) is 72.5 Å². The van der Waals surface area contributed by atoms with E-state index in [9.17, 15) is 4.79 Å². The summed E-state index contributed by atoms with van der Waals surface area (Å²) in [5.74, 6) is 0.230. The van der Waals surface area contributed by atoms with Crippen molar-refractivity contribution >= 4 is 33.3 Å². The molecule has 6 nitrogen and oxygen atoms in total. The Balaban J connectivity index is 1.38. The first-order valence-electron chi connectivity index (χ1n) is 9.51. The molecule has 0 fully saturated rings. The largest absolute Gasteiger partial charge is 0.338 e. The highest BCUT2D eigenvalue weighted by atomic mass is 32.1. The van der Waals surface area contributed by atoms with Gasteiger partial charge in [0.1, 0.15) is 11.7 Å². The maximum absolute atomic E-state index is 12.5. The van der Waals surface area contributed by atoms with Crippen LogP contribution in [-0.4, -0.2) is 29.6 Å². The highest BCUT2D eigenvalue weighted by Crippen LogP contribution is 2.25. The number of aromatic nitrogens is 2. The molecule has 1 amide bonds. The number of likely N-dealkylation sites (N-methyl/N-ethyl adjacent to an activating group) is 1. The van der Waals surface area contributed by atoms with E-state index in [-0.39, 0.29) is 11.9 Å². The third-order valence-corrected chi connectivity index (χ3v) is 6.20. The molecule has 29 heavy (non-hydrogen) atoms. The molecule has 2 aromatic carbocycles. The lowest BCUT2D eigenvalue weighted by molar-refractivity contribution is -0.902. The quantitative estimate of drug-likeness (QED) is 0.513. The lowest BCUT2D eigenvalue weighted by atomic mass is 10.1. The third kappa shape index (κ3) is 4.36. The highest BCUT2D eigenvalue weighted by molar-refractivity contribution is 7.18. The molecule has 0 radical (unpaired) electrons. The van der Waals surface area contributed by atoms with E-state index >= 15 is 0 Å². The van der Waals surface area contributed by atoms with Crippen LogP contribution in [0.2, 0.25) is 0 Å². The number of fused-ring (bicyclic) bond motifs is 1. The minimum atomic E-state index is -0.123. The van der Waals surface area contributed by atoms with Gasteiger partial charge < -0.3 is 9.42 Å². The van der Waals surface area contributed by atoms with Crippen molar-refractivity contribution in [2.45, 2.75) is 19.9 Å². The Bertz CT molecular complexity index is 1100. The van der Waals surface area contributed by atoms with Gasteiger partial charge in [-0.05, 0) is 26.0 Å². The lowest BCUT2D eigenvalue weighted by Crippen LogP contribution is -3.10. The van der Waals surface area contributed by atoms with Crippen LogP contribution in [-0.2, 0) is 4.79 Å². The molecule has 0 bridgehead atoms. The number of hydrogen-bond donors (Lipinski definition) is 2. The first kappa shape index (κ1) is 19.3. The second-order valence-corrected chi connectivity index (χ2v) is 8.32. The number of benzene rings is 2. The fourth-order valence-electron chi connectivity index (χ4n) is 3.07. The summed E-state index contributed by atoms with van der Waals surface area (Å²) in [5.41, 5.74) is 3.83. The predicted molar refractivity (Wildman–Crippen MR) is 115 cm³/mol. The molecule has 2 aromatic heterocycles. The number of nitrogens with zero attached hydrogens (tertiary/aromatic N) is 2. The molecular weight excluding hydrogens is 384 g/mol. The normalized spacial score (nSPS) is 13.3. The second kappa shape index (κ2) is 8.14. The standard InChI is InChI=1S/C22H22N4O2S/c1-14-8-10-16(11-9-14)18-12-21(28-25-18)24-20(27)13-26(3)15(2)22-23-17-6-4-5-7-19(17)29-22/h4-12,15H,13H2,1-3H3,(H,24,27)/p+1/t15-/m0/s1. The minimum Gasteiger partial charge on any atom is -0.338 e. The van der Waals surface area contributed by atoms with Crippen molar-refractivity contribution in [1.82, 2.24) is 10.1 Å². The van der Waals surface area contributed by atoms with Gasteiger partial charge in [0.25, 0.3) is 5.91 Å². The number of aryl methyl sites for hydroxylation is 1. The fourth-order valence-corrected chi connectivity index (χ4v) is 4.18. The molecule has 0 spiro atoms. The van der Waals surface area contributed by atoms with Crippen molar-refractivity contribution in [2.24, 2.45) is 0 Å². The van der Waals surface area contributed by atoms with E-state index in [2.05, 4.69) is 23.5 Å². The van der Waals surface area contributed by atoms with Crippen LogP contribution in [0.4, 0.5) is 5.88 Å². The lowest BCUT2D eigenvalue weighted by Gasteiger charge is -2.18. The number of quaternary nitrogens is 1. The fraction of sp³-hybridized carbons (Fsp3) is 0.227. The van der Waals surface area contributed by atoms with Crippen LogP contribution >= 0.6 is 11.3 Å². The van der Waals surface area contributed by atoms with Gasteiger partial charge in [0.05, 0.1) is 17.3 Å². The Labute approximate surface area is 173 Å². The van der Waals surface area contributed by atoms with Crippen LogP contribution in [0, 0.1) is 6.92 Å². The molecule has 2 heterocycles. The molecule has 4 rings (SSSR count). The smallest absolute Gasteiger partial charge is 0.281 e. The van der Waals surface area contributed by atoms with Gasteiger partial charge in [-0.2, -0.15) is 0 Å². The van der Waals surface area contributed by atoms with Crippen LogP contribution in [0.15, 0.2) is 59.1 Å². The average Bonchev–Trinajstić information content (AvgIpc) is 3.34. The van der Waals surface area contributed by atoms with Crippen molar-refractivity contribution in [3.63, 3.8) is 0 Å². The first-order chi connectivity index (χ1) is 14.0. The molecule has 0 aliphatic carbocycles. The average molecular weight is 408 g/mol. The summed E-state index contributed by atoms with van der Waals surface area (Å²) in [7, 11) is 1.99. The number of carbonyl (C=O) groups is 1. The van der Waals surface area contributed by atoms with Crippen molar-refractivity contribution in [3.8, 4) is 11.3 Å². The second-order valence-electron chi connectivity index (χ2n) is 7.26. The summed E-state index contributed by atoms with van der Waals surface area (Å²) in [6, 6.07) is 17.9. The highest BCUT2D eigenvalue weighted by Gasteiger charge is 2.22. The van der Waals surface area contributed by atoms with E-state index in [4.69, 9.17) is 9.51 Å². The number of thiazole rings is 1. The maximum atomic E-state index is 12.5. The van der Waals surface area contributed by atoms with Gasteiger partial charge in [-0.1, -0.05) is 47.1 Å². The Kier molecular flexibility index (Phi) is 5.42. The van der Waals surface area contributed by atoms with Crippen molar-refractivity contribution < 1.29 is 14.2 Å². The van der Waals surface area contributed by atoms with Gasteiger partial charge in [-0.3, -0.25) is 10.1 Å². The van der Waals surface area contributed by atoms with Crippen molar-refractivity contribution in [2.75, 3.05) is 18.9 Å². The van der Waals surface area contributed by atoms with Gasteiger partial charge in [0.15, 0.2) is 11.6 Å². The van der Waals surface area contributed by atoms with Gasteiger partial charge in [-0.25, -0.2) is 4.98 Å². The zero-order chi connectivity index (χ0) is 20.4. The molecule has 7 heteroatoms. The maximum Gasteiger partial charge on any atom is 0.281 e. The van der Waals surface area contributed by atoms with E-state index in [1.807, 2.05) is 56.4 Å². The van der Waals surface area contributed by atoms with E-state index in [0.717, 1.165) is 25.7 Å². The molecule has 1 unspecified atom stereocenters. The zero-order valence-corrected chi connectivity index (χ0v) is 17.4. The van der Waals surface area contributed by atoms with Crippen LogP contribution in [0.1, 0.15) is 23.5 Å². The molecule has 148 valence electrons. The van der Waals surface area contributed by atoms with Crippen LogP contribution in [0.3, 0.4) is 0 Å². The number of carbonyl (C=O) groups excluding carboxylic acids is 1. The first-order valence-corrected chi connectivity index (χ1v) is 10.3. The minimum absolute atomic E-state index is 0.107. The molecule has 0 aliphatic rings. The number of hydrogen-bond acceptors (Lipinski definition) is 5. The summed E-state index contributed by atoms with van der Waals surface area (Å²) in [4.78, 5) is 18.2. The van der Waals surface area contributed by atoms with Crippen LogP contribution in [0.25, 0.3) is 21.5 Å². The number of rotatable bonds is 6. The number of anilines is 1. The molecule has 0 aliphatic heterocycles. The van der Waals surface area contributed by atoms with E-state index < -0.39 is 0 Å². The zero-order valence-electron chi connectivity index (χ0n) is 16.6. The van der Waals surface area contributed by atoms with Gasteiger partial charge in [-0.15, -0.1) is 11.3 Å². The summed E-state index contributed by atoms with van der Waals surface area (Å²) in [5, 5.41) is 7.88. The number of para-hydroxylation sites is 1. The summed E-state index contributed by atoms with van der Waals surface area (Å²) in [6.45, 7) is 4.42. The number of nitrogens with one attached hydrogen (secondary N) is 2. The van der Waals surface area contributed by atoms with Crippen molar-refractivity contribution in [1.29, 1.82) is 0 Å². The summed E-state index contributed by atoms with van der Waals surface area (Å²) < 4.78 is 6.45. The predicted octanol–water partition coefficient (Wildman–Crippen LogP) is 3.47. The summed E-state index contributed by atoms with van der Waals surface area (Å²) in [6.07, 6.45) is 0. The Hall–Kier alpha value is -3.03. The van der Waals surface area contributed by atoms with Gasteiger partial charge >= 0.3 is 0 Å². The molecule has 4 aromatic rings. The molecule has 2 atom stereocenters. The van der Waals surface area contributed by atoms with E-state index in [1.54, 1.807) is 17.4 Å². The summed E-state index contributed by atoms with van der Waals surface area (Å²) >= 11 is 1.67. The van der Waals surface area contributed by atoms with Crippen LogP contribution < -0.4 is 10.2 Å². The van der Waals surface area contributed by atoms with Crippen LogP contribution in [0.5, 0.6) is 0 Å². The SMILES string of the molecule is Cc1ccc(-c2cc(NC(=O)C[NH+](C)[C@@H](C)c3nc4ccccc4s3)on2)cc1. The third-order valence-electron chi connectivity index (χ3n) is 4.98. The molecular formula is C22H23N4O2S+. The molecule has 2 N–H and O–H groups in total. The van der Waals surface area contributed by atoms with Gasteiger partial charge in [0, 0.05) is 11.6 Å². The van der Waals surface area contributed by atoms with E-state index in [1.165, 1.54) is 5.56 Å². The monoisotopic (exact) mass is 407 g/mol. The molecule has 0 saturated heterocycles. The molecule has 0 saturated carbocycles.